The maximum atomic E-state index is 9.83. The van der Waals surface area contributed by atoms with Gasteiger partial charge in [-0.25, -0.2) is 9.97 Å². The minimum Gasteiger partial charge on any atom is -0.550 e. The molecule has 0 aliphatic heterocycles. The van der Waals surface area contributed by atoms with Crippen molar-refractivity contribution in [1.29, 1.82) is 0 Å². The number of rotatable bonds is 8. The van der Waals surface area contributed by atoms with E-state index >= 15 is 0 Å². The summed E-state index contributed by atoms with van der Waals surface area (Å²) in [6.07, 6.45) is -1.42. The number of carboxylic acid groups (broad SMARTS) is 3. The number of ketones is 3. The molecule has 6 rings (SSSR count). The van der Waals surface area contributed by atoms with Gasteiger partial charge in [-0.05, 0) is 69.3 Å². The predicted octanol–water partition coefficient (Wildman–Crippen LogP) is 3.13. The van der Waals surface area contributed by atoms with Gasteiger partial charge in [0.2, 0.25) is 11.8 Å². The zero-order valence-corrected chi connectivity index (χ0v) is 30.6. The molecule has 0 aliphatic carbocycles. The molecule has 13 nitrogen and oxygen atoms in total. The van der Waals surface area contributed by atoms with Crippen LogP contribution in [-0.4, -0.2) is 45.2 Å². The predicted molar refractivity (Wildman–Crippen MR) is 180 cm³/mol. The van der Waals surface area contributed by atoms with Gasteiger partial charge in [0, 0.05) is 48.3 Å². The topological polar surface area (TPSA) is 224 Å². The molecule has 0 radical (unpaired) electrons. The second-order valence-electron chi connectivity index (χ2n) is 10.5. The molecule has 0 aliphatic rings. The summed E-state index contributed by atoms with van der Waals surface area (Å²) in [5.41, 5.74) is 5.47. The third kappa shape index (κ3) is 17.5. The summed E-state index contributed by atoms with van der Waals surface area (Å²) in [4.78, 5) is 66.8. The van der Waals surface area contributed by atoms with Crippen LogP contribution in [0.4, 0.5) is 0 Å². The molecule has 0 bridgehead atoms. The summed E-state index contributed by atoms with van der Waals surface area (Å²) in [6.45, 7) is 3.61. The third-order valence-electron chi connectivity index (χ3n) is 5.81. The van der Waals surface area contributed by atoms with Crippen LogP contribution in [0.5, 0.6) is 0 Å². The summed E-state index contributed by atoms with van der Waals surface area (Å²) in [5, 5.41) is 28.4. The van der Waals surface area contributed by atoms with Crippen molar-refractivity contribution in [1.82, 2.24) is 9.97 Å². The van der Waals surface area contributed by atoms with Crippen molar-refractivity contribution in [2.45, 2.75) is 40.0 Å². The standard InChI is InChI=1S/2C13H9NO.3C4H6O3.Ir/c2*1-2-6-10(7-3-1)13-14-11-8-4-5-9-12(11)15-13;3*1-3(5)2-4(6)7;/h2*1-9H;3*2H2,1H3,(H,6,7);/q;;;;;+3/p-3. The molecular weight excluding hydrogens is 853 g/mol. The van der Waals surface area contributed by atoms with Crippen molar-refractivity contribution >= 4 is 57.5 Å². The van der Waals surface area contributed by atoms with Crippen molar-refractivity contribution in [2.24, 2.45) is 0 Å². The van der Waals surface area contributed by atoms with Crippen molar-refractivity contribution in [3.63, 3.8) is 0 Å². The Morgan fingerprint density at radius 1 is 0.462 bits per heavy atom. The number of fused-ring (bicyclic) bond motifs is 2. The summed E-state index contributed by atoms with van der Waals surface area (Å²) in [5.74, 6) is -3.71. The maximum Gasteiger partial charge on any atom is 3.00 e. The Kier molecular flexibility index (Phi) is 19.7. The number of carboxylic acids is 3. The molecule has 6 aromatic rings. The number of Topliss-reactive ketones (excluding diaryl/α,β-unsaturated/α-hetero) is 3. The number of carbonyl (C=O) groups excluding carboxylic acids is 6. The molecule has 0 spiro atoms. The van der Waals surface area contributed by atoms with Gasteiger partial charge in [-0.1, -0.05) is 60.7 Å². The Morgan fingerprint density at radius 2 is 0.731 bits per heavy atom. The summed E-state index contributed by atoms with van der Waals surface area (Å²) in [7, 11) is 0. The summed E-state index contributed by atoms with van der Waals surface area (Å²) < 4.78 is 11.3. The number of benzene rings is 4. The second kappa shape index (κ2) is 23.3. The molecule has 2 heterocycles. The average molecular weight is 886 g/mol. The molecule has 270 valence electrons. The molecule has 14 heteroatoms. The molecule has 0 atom stereocenters. The fourth-order valence-electron chi connectivity index (χ4n) is 3.76. The van der Waals surface area contributed by atoms with E-state index in [1.54, 1.807) is 0 Å². The van der Waals surface area contributed by atoms with Crippen molar-refractivity contribution in [3.8, 4) is 22.9 Å². The number of para-hydroxylation sites is 4. The minimum atomic E-state index is -1.31. The Labute approximate surface area is 311 Å². The van der Waals surface area contributed by atoms with E-state index in [1.807, 2.05) is 109 Å². The molecule has 52 heavy (non-hydrogen) atoms. The second-order valence-corrected chi connectivity index (χ2v) is 10.5. The van der Waals surface area contributed by atoms with Gasteiger partial charge < -0.3 is 38.5 Å². The van der Waals surface area contributed by atoms with E-state index in [0.717, 1.165) is 33.3 Å². The number of carbonyl (C=O) groups is 6. The molecule has 0 N–H and O–H groups in total. The Bertz CT molecular complexity index is 1780. The number of aromatic nitrogens is 2. The first-order chi connectivity index (χ1) is 24.2. The first kappa shape index (κ1) is 43.9. The quantitative estimate of drug-likeness (QED) is 0.201. The number of hydrogen-bond donors (Lipinski definition) is 0. The Balaban J connectivity index is 0.000000343. The van der Waals surface area contributed by atoms with Crippen LogP contribution >= 0.6 is 0 Å². The van der Waals surface area contributed by atoms with Crippen LogP contribution in [0, 0.1) is 0 Å². The molecular formula is C38H33IrN2O11. The fraction of sp³-hybridized carbons (Fsp3) is 0.158. The van der Waals surface area contributed by atoms with E-state index in [4.69, 9.17) is 8.83 Å². The van der Waals surface area contributed by atoms with E-state index in [2.05, 4.69) is 9.97 Å². The van der Waals surface area contributed by atoms with Gasteiger partial charge in [0.25, 0.3) is 0 Å². The zero-order valence-electron chi connectivity index (χ0n) is 28.2. The molecule has 0 fully saturated rings. The van der Waals surface area contributed by atoms with Gasteiger partial charge in [-0.3, -0.25) is 14.4 Å². The number of nitrogens with zero attached hydrogens (tertiary/aromatic N) is 2. The van der Waals surface area contributed by atoms with Crippen LogP contribution < -0.4 is 15.3 Å². The summed E-state index contributed by atoms with van der Waals surface area (Å²) in [6, 6.07) is 35.4. The molecule has 0 saturated carbocycles. The van der Waals surface area contributed by atoms with Crippen molar-refractivity contribution in [3.05, 3.63) is 109 Å². The SMILES string of the molecule is CC(=O)CC(=O)[O-].CC(=O)CC(=O)[O-].CC(=O)CC(=O)[O-].[Ir+3].c1ccc(-c2nc3ccccc3o2)cc1.c1ccc(-c2nc3ccccc3o2)cc1. The molecule has 4 aromatic carbocycles. The van der Waals surface area contributed by atoms with E-state index in [0.29, 0.717) is 11.8 Å². The maximum absolute atomic E-state index is 9.83. The smallest absolute Gasteiger partial charge is 0.550 e. The Hall–Kier alpha value is -6.11. The van der Waals surface area contributed by atoms with Gasteiger partial charge in [0.1, 0.15) is 28.4 Å². The first-order valence-corrected chi connectivity index (χ1v) is 15.1. The first-order valence-electron chi connectivity index (χ1n) is 15.1. The van der Waals surface area contributed by atoms with Gasteiger partial charge in [0.05, 0.1) is 0 Å². The third-order valence-corrected chi connectivity index (χ3v) is 5.81. The van der Waals surface area contributed by atoms with Crippen molar-refractivity contribution < 1.29 is 73.0 Å². The van der Waals surface area contributed by atoms with Gasteiger partial charge in [-0.2, -0.15) is 0 Å². The average Bonchev–Trinajstić information content (AvgIpc) is 3.70. The minimum absolute atomic E-state index is 0. The van der Waals surface area contributed by atoms with Gasteiger partial charge >= 0.3 is 20.1 Å². The van der Waals surface area contributed by atoms with Crippen LogP contribution in [0.15, 0.2) is 118 Å². The Morgan fingerprint density at radius 3 is 0.962 bits per heavy atom. The number of oxazole rings is 2. The van der Waals surface area contributed by atoms with Crippen LogP contribution in [0.3, 0.4) is 0 Å². The summed E-state index contributed by atoms with van der Waals surface area (Å²) >= 11 is 0. The molecule has 2 aromatic heterocycles. The van der Waals surface area contributed by atoms with E-state index < -0.39 is 37.2 Å². The normalized spacial score (nSPS) is 9.44. The van der Waals surface area contributed by atoms with Crippen LogP contribution in [0.25, 0.3) is 45.1 Å². The van der Waals surface area contributed by atoms with Crippen LogP contribution in [0.1, 0.15) is 40.0 Å². The molecule has 0 saturated heterocycles. The molecule has 0 unspecified atom stereocenters. The number of aliphatic carboxylic acids is 3. The van der Waals surface area contributed by atoms with E-state index in [1.165, 1.54) is 20.8 Å². The zero-order chi connectivity index (χ0) is 37.8. The molecule has 0 amide bonds. The fourth-order valence-corrected chi connectivity index (χ4v) is 3.76. The van der Waals surface area contributed by atoms with Crippen LogP contribution in [-0.2, 0) is 48.9 Å². The van der Waals surface area contributed by atoms with E-state index in [-0.39, 0.29) is 37.5 Å². The van der Waals surface area contributed by atoms with Gasteiger partial charge in [-0.15, -0.1) is 0 Å². The van der Waals surface area contributed by atoms with Gasteiger partial charge in [0.15, 0.2) is 11.2 Å². The van der Waals surface area contributed by atoms with E-state index in [9.17, 15) is 44.1 Å². The largest absolute Gasteiger partial charge is 3.00 e. The van der Waals surface area contributed by atoms with Crippen molar-refractivity contribution in [2.75, 3.05) is 0 Å². The number of hydrogen-bond acceptors (Lipinski definition) is 13. The van der Waals surface area contributed by atoms with Crippen LogP contribution in [0.2, 0.25) is 0 Å². The monoisotopic (exact) mass is 886 g/mol.